The summed E-state index contributed by atoms with van der Waals surface area (Å²) < 4.78 is 1.67. The van der Waals surface area contributed by atoms with Crippen LogP contribution in [0.2, 0.25) is 0 Å². The average molecular weight is 221 g/mol. The molecule has 7 heteroatoms. The molecule has 2 heterocycles. The van der Waals surface area contributed by atoms with E-state index in [2.05, 4.69) is 25.6 Å². The summed E-state index contributed by atoms with van der Waals surface area (Å²) in [4.78, 5) is 8.62. The van der Waals surface area contributed by atoms with E-state index in [1.807, 2.05) is 20.9 Å². The molecule has 0 spiro atoms. The maximum Gasteiger partial charge on any atom is 0.225 e. The van der Waals surface area contributed by atoms with Gasteiger partial charge in [0.05, 0.1) is 5.69 Å². The number of nitrogens with two attached hydrogens (primary N) is 1. The molecule has 16 heavy (non-hydrogen) atoms. The minimum absolute atomic E-state index is 0.133. The Morgan fingerprint density at radius 3 is 2.88 bits per heavy atom. The van der Waals surface area contributed by atoms with Crippen molar-refractivity contribution in [3.63, 3.8) is 0 Å². The highest BCUT2D eigenvalue weighted by Gasteiger charge is 2.10. The largest absolute Gasteiger partial charge is 0.350 e. The van der Waals surface area contributed by atoms with Gasteiger partial charge in [-0.1, -0.05) is 5.21 Å². The van der Waals surface area contributed by atoms with Crippen LogP contribution in [0.25, 0.3) is 11.2 Å². The van der Waals surface area contributed by atoms with E-state index < -0.39 is 0 Å². The van der Waals surface area contributed by atoms with Gasteiger partial charge < -0.3 is 11.1 Å². The molecule has 3 N–H and O–H groups in total. The minimum atomic E-state index is 0.133. The third-order valence-electron chi connectivity index (χ3n) is 2.37. The molecule has 1 unspecified atom stereocenters. The third-order valence-corrected chi connectivity index (χ3v) is 2.37. The van der Waals surface area contributed by atoms with Gasteiger partial charge in [0.1, 0.15) is 5.52 Å². The molecule has 2 rings (SSSR count). The number of hydrogen-bond acceptors (Lipinski definition) is 6. The highest BCUT2D eigenvalue weighted by atomic mass is 15.4. The van der Waals surface area contributed by atoms with Crippen LogP contribution in [0.5, 0.6) is 0 Å². The molecular weight excluding hydrogens is 206 g/mol. The zero-order valence-electron chi connectivity index (χ0n) is 9.60. The lowest BCUT2D eigenvalue weighted by molar-refractivity contribution is 0.733. The fourth-order valence-corrected chi connectivity index (χ4v) is 1.50. The standard InChI is InChI=1S/C9H15N7/c1-5(4-10)11-9-12-6(2)7-8(13-9)14-15-16(7)3/h5H,4,10H2,1-3H3,(H,11,12,13). The Bertz CT molecular complexity index is 504. The van der Waals surface area contributed by atoms with Gasteiger partial charge >= 0.3 is 0 Å². The molecule has 1 atom stereocenters. The number of fused-ring (bicyclic) bond motifs is 1. The second-order valence-electron chi connectivity index (χ2n) is 3.80. The summed E-state index contributed by atoms with van der Waals surface area (Å²) in [5.41, 5.74) is 7.83. The van der Waals surface area contributed by atoms with Crippen molar-refractivity contribution in [2.45, 2.75) is 19.9 Å². The molecule has 0 aliphatic heterocycles. The SMILES string of the molecule is Cc1nc(NC(C)CN)nc2nnn(C)c12. The normalized spacial score (nSPS) is 13.0. The summed E-state index contributed by atoms with van der Waals surface area (Å²) in [5.74, 6) is 0.545. The maximum absolute atomic E-state index is 5.52. The Balaban J connectivity index is 2.42. The van der Waals surface area contributed by atoms with Crippen molar-refractivity contribution >= 4 is 17.1 Å². The Kier molecular flexibility index (Phi) is 2.69. The smallest absolute Gasteiger partial charge is 0.225 e. The average Bonchev–Trinajstić information content (AvgIpc) is 2.60. The lowest BCUT2D eigenvalue weighted by Gasteiger charge is -2.11. The molecule has 0 aliphatic carbocycles. The molecule has 7 nitrogen and oxygen atoms in total. The molecule has 0 aliphatic rings. The van der Waals surface area contributed by atoms with Gasteiger partial charge in [-0.25, -0.2) is 9.67 Å². The first kappa shape index (κ1) is 10.7. The van der Waals surface area contributed by atoms with Gasteiger partial charge in [0.2, 0.25) is 11.6 Å². The van der Waals surface area contributed by atoms with E-state index in [-0.39, 0.29) is 6.04 Å². The summed E-state index contributed by atoms with van der Waals surface area (Å²) in [6, 6.07) is 0.133. The van der Waals surface area contributed by atoms with Crippen molar-refractivity contribution < 1.29 is 0 Å². The molecular formula is C9H15N7. The van der Waals surface area contributed by atoms with Crippen molar-refractivity contribution in [3.05, 3.63) is 5.69 Å². The van der Waals surface area contributed by atoms with E-state index in [4.69, 9.17) is 5.73 Å². The summed E-state index contributed by atoms with van der Waals surface area (Å²) in [7, 11) is 1.82. The third kappa shape index (κ3) is 1.81. The molecule has 0 fully saturated rings. The minimum Gasteiger partial charge on any atom is -0.350 e. The van der Waals surface area contributed by atoms with Crippen LogP contribution in [-0.4, -0.2) is 37.5 Å². The number of aromatic nitrogens is 5. The van der Waals surface area contributed by atoms with Crippen molar-refractivity contribution in [1.29, 1.82) is 0 Å². The summed E-state index contributed by atoms with van der Waals surface area (Å²) in [5, 5.41) is 11.0. The monoisotopic (exact) mass is 221 g/mol. The molecule has 2 aromatic rings. The topological polar surface area (TPSA) is 94.5 Å². The van der Waals surface area contributed by atoms with Crippen molar-refractivity contribution in [2.24, 2.45) is 12.8 Å². The predicted octanol–water partition coefficient (Wildman–Crippen LogP) is -0.174. The maximum atomic E-state index is 5.52. The quantitative estimate of drug-likeness (QED) is 0.747. The zero-order valence-corrected chi connectivity index (χ0v) is 9.60. The first-order valence-corrected chi connectivity index (χ1v) is 5.12. The summed E-state index contributed by atoms with van der Waals surface area (Å²) in [6.07, 6.45) is 0. The molecule has 0 saturated heterocycles. The molecule has 0 saturated carbocycles. The molecule has 0 bridgehead atoms. The molecule has 86 valence electrons. The Labute approximate surface area is 93.1 Å². The van der Waals surface area contributed by atoms with Crippen LogP contribution in [0.1, 0.15) is 12.6 Å². The van der Waals surface area contributed by atoms with Gasteiger partial charge in [0.25, 0.3) is 0 Å². The highest BCUT2D eigenvalue weighted by molar-refractivity contribution is 5.73. The van der Waals surface area contributed by atoms with E-state index in [9.17, 15) is 0 Å². The van der Waals surface area contributed by atoms with Crippen molar-refractivity contribution in [3.8, 4) is 0 Å². The Hall–Kier alpha value is -1.76. The second kappa shape index (κ2) is 4.01. The van der Waals surface area contributed by atoms with Gasteiger partial charge in [0, 0.05) is 19.6 Å². The first-order valence-electron chi connectivity index (χ1n) is 5.12. The van der Waals surface area contributed by atoms with Gasteiger partial charge in [-0.15, -0.1) is 5.10 Å². The Morgan fingerprint density at radius 1 is 1.44 bits per heavy atom. The first-order chi connectivity index (χ1) is 7.61. The Morgan fingerprint density at radius 2 is 2.19 bits per heavy atom. The van der Waals surface area contributed by atoms with Gasteiger partial charge in [-0.2, -0.15) is 4.98 Å². The van der Waals surface area contributed by atoms with E-state index in [0.29, 0.717) is 18.1 Å². The summed E-state index contributed by atoms with van der Waals surface area (Å²) >= 11 is 0. The number of aryl methyl sites for hydroxylation is 2. The van der Waals surface area contributed by atoms with Crippen molar-refractivity contribution in [2.75, 3.05) is 11.9 Å². The van der Waals surface area contributed by atoms with Gasteiger partial charge in [0.15, 0.2) is 0 Å². The van der Waals surface area contributed by atoms with E-state index >= 15 is 0 Å². The molecule has 0 aromatic carbocycles. The van der Waals surface area contributed by atoms with Crippen LogP contribution in [-0.2, 0) is 7.05 Å². The highest BCUT2D eigenvalue weighted by Crippen LogP contribution is 2.13. The second-order valence-corrected chi connectivity index (χ2v) is 3.80. The summed E-state index contributed by atoms with van der Waals surface area (Å²) in [6.45, 7) is 4.41. The van der Waals surface area contributed by atoms with Crippen LogP contribution in [0.3, 0.4) is 0 Å². The predicted molar refractivity (Wildman–Crippen MR) is 61.0 cm³/mol. The number of rotatable bonds is 3. The molecule has 0 radical (unpaired) electrons. The van der Waals surface area contributed by atoms with E-state index in [1.165, 1.54) is 0 Å². The lowest BCUT2D eigenvalue weighted by Crippen LogP contribution is -2.26. The number of nitrogens with one attached hydrogen (secondary N) is 1. The molecule has 0 amide bonds. The number of anilines is 1. The van der Waals surface area contributed by atoms with Crippen LogP contribution in [0.4, 0.5) is 5.95 Å². The van der Waals surface area contributed by atoms with Crippen LogP contribution >= 0.6 is 0 Å². The van der Waals surface area contributed by atoms with Crippen molar-refractivity contribution in [1.82, 2.24) is 25.0 Å². The van der Waals surface area contributed by atoms with E-state index in [0.717, 1.165) is 11.2 Å². The zero-order chi connectivity index (χ0) is 11.7. The van der Waals surface area contributed by atoms with Crippen LogP contribution < -0.4 is 11.1 Å². The number of nitrogens with zero attached hydrogens (tertiary/aromatic N) is 5. The number of hydrogen-bond donors (Lipinski definition) is 2. The van der Waals surface area contributed by atoms with Gasteiger partial charge in [-0.3, -0.25) is 0 Å². The van der Waals surface area contributed by atoms with E-state index in [1.54, 1.807) is 4.68 Å². The van der Waals surface area contributed by atoms with Crippen LogP contribution in [0, 0.1) is 6.92 Å². The lowest BCUT2D eigenvalue weighted by atomic mass is 10.3. The molecule has 2 aromatic heterocycles. The fourth-order valence-electron chi connectivity index (χ4n) is 1.50. The fraction of sp³-hybridized carbons (Fsp3) is 0.556. The van der Waals surface area contributed by atoms with Crippen LogP contribution in [0.15, 0.2) is 0 Å². The van der Waals surface area contributed by atoms with Gasteiger partial charge in [-0.05, 0) is 13.8 Å².